The van der Waals surface area contributed by atoms with Crippen molar-refractivity contribution in [2.24, 2.45) is 11.7 Å². The van der Waals surface area contributed by atoms with Gasteiger partial charge in [-0.15, -0.1) is 0 Å². The molecule has 3 rings (SSSR count). The average molecular weight is 482 g/mol. The Morgan fingerprint density at radius 2 is 1.70 bits per heavy atom. The lowest BCUT2D eigenvalue weighted by Crippen LogP contribution is -2.40. The molecule has 0 aliphatic heterocycles. The van der Waals surface area contributed by atoms with Crippen LogP contribution in [0.5, 0.6) is 0 Å². The molecule has 176 valence electrons. The molecule has 4 N–H and O–H groups in total. The molecule has 0 saturated carbocycles. The SMILES string of the molecule is CC(C)[C@H](Nc1nc(CNS(=O)(=O)c2ccccc2C(F)(F)F)nc2ccccc12)C(N)=O. The van der Waals surface area contributed by atoms with Crippen molar-refractivity contribution in [3.8, 4) is 0 Å². The summed E-state index contributed by atoms with van der Waals surface area (Å²) in [6.07, 6.45) is -4.84. The summed E-state index contributed by atoms with van der Waals surface area (Å²) in [7, 11) is -4.53. The number of amides is 1. The van der Waals surface area contributed by atoms with E-state index < -0.39 is 45.2 Å². The van der Waals surface area contributed by atoms with Crippen molar-refractivity contribution >= 4 is 32.7 Å². The van der Waals surface area contributed by atoms with Crippen molar-refractivity contribution in [1.82, 2.24) is 14.7 Å². The zero-order valence-electron chi connectivity index (χ0n) is 17.7. The van der Waals surface area contributed by atoms with Gasteiger partial charge in [-0.3, -0.25) is 4.79 Å². The molecule has 33 heavy (non-hydrogen) atoms. The smallest absolute Gasteiger partial charge is 0.368 e. The van der Waals surface area contributed by atoms with Crippen molar-refractivity contribution in [2.45, 2.75) is 37.5 Å². The van der Waals surface area contributed by atoms with Crippen molar-refractivity contribution in [3.63, 3.8) is 0 Å². The number of primary amides is 1. The molecule has 0 spiro atoms. The zero-order chi connectivity index (χ0) is 24.4. The Hall–Kier alpha value is -3.25. The molecular formula is C21H22F3N5O3S. The van der Waals surface area contributed by atoms with E-state index in [1.807, 2.05) is 0 Å². The Morgan fingerprint density at radius 1 is 1.06 bits per heavy atom. The predicted octanol–water partition coefficient (Wildman–Crippen LogP) is 3.05. The predicted molar refractivity (Wildman–Crippen MR) is 116 cm³/mol. The fourth-order valence-corrected chi connectivity index (χ4v) is 4.41. The van der Waals surface area contributed by atoms with Gasteiger partial charge in [-0.25, -0.2) is 23.1 Å². The number of rotatable bonds is 8. The highest BCUT2D eigenvalue weighted by molar-refractivity contribution is 7.89. The third-order valence-corrected chi connectivity index (χ3v) is 6.28. The number of fused-ring (bicyclic) bond motifs is 1. The minimum atomic E-state index is -4.84. The van der Waals surface area contributed by atoms with Gasteiger partial charge in [-0.05, 0) is 30.2 Å². The van der Waals surface area contributed by atoms with E-state index in [2.05, 4.69) is 20.0 Å². The van der Waals surface area contributed by atoms with Crippen LogP contribution < -0.4 is 15.8 Å². The lowest BCUT2D eigenvalue weighted by molar-refractivity contribution is -0.139. The quantitative estimate of drug-likeness (QED) is 0.454. The molecule has 0 fully saturated rings. The van der Waals surface area contributed by atoms with Gasteiger partial charge in [0.1, 0.15) is 17.7 Å². The summed E-state index contributed by atoms with van der Waals surface area (Å²) in [6, 6.07) is 9.94. The number of halogens is 3. The monoisotopic (exact) mass is 481 g/mol. The van der Waals surface area contributed by atoms with Gasteiger partial charge in [0.15, 0.2) is 0 Å². The molecule has 1 amide bonds. The number of nitrogens with two attached hydrogens (primary N) is 1. The van der Waals surface area contributed by atoms with E-state index >= 15 is 0 Å². The lowest BCUT2D eigenvalue weighted by Gasteiger charge is -2.21. The van der Waals surface area contributed by atoms with Gasteiger partial charge in [0.05, 0.1) is 22.5 Å². The number of carbonyl (C=O) groups is 1. The van der Waals surface area contributed by atoms with Crippen LogP contribution in [0.1, 0.15) is 25.2 Å². The topological polar surface area (TPSA) is 127 Å². The first-order valence-corrected chi connectivity index (χ1v) is 11.4. The first-order valence-electron chi connectivity index (χ1n) is 9.87. The Morgan fingerprint density at radius 3 is 2.33 bits per heavy atom. The molecule has 2 aromatic carbocycles. The highest BCUT2D eigenvalue weighted by atomic mass is 32.2. The van der Waals surface area contributed by atoms with E-state index in [4.69, 9.17) is 5.73 Å². The minimum Gasteiger partial charge on any atom is -0.368 e. The van der Waals surface area contributed by atoms with Gasteiger partial charge in [-0.2, -0.15) is 13.2 Å². The summed E-state index contributed by atoms with van der Waals surface area (Å²) in [6.45, 7) is 3.11. The standard InChI is InChI=1S/C21H22F3N5O3S/c1-12(2)18(19(25)30)29-20-13-7-3-5-9-15(13)27-17(28-20)11-26-33(31,32)16-10-6-4-8-14(16)21(22,23)24/h3-10,12,18,26H,11H2,1-2H3,(H2,25,30)(H,27,28,29)/t18-/m0/s1. The van der Waals surface area contributed by atoms with E-state index in [-0.39, 0.29) is 17.6 Å². The van der Waals surface area contributed by atoms with Crippen LogP contribution in [0.2, 0.25) is 0 Å². The molecule has 0 aliphatic rings. The number of anilines is 1. The fourth-order valence-electron chi connectivity index (χ4n) is 3.20. The van der Waals surface area contributed by atoms with Crippen molar-refractivity contribution in [2.75, 3.05) is 5.32 Å². The Bertz CT molecular complexity index is 1280. The molecule has 0 radical (unpaired) electrons. The molecule has 1 heterocycles. The number of nitrogens with zero attached hydrogens (tertiary/aromatic N) is 2. The van der Waals surface area contributed by atoms with Gasteiger partial charge in [-0.1, -0.05) is 38.1 Å². The first kappa shape index (κ1) is 24.4. The number of para-hydroxylation sites is 1. The highest BCUT2D eigenvalue weighted by Gasteiger charge is 2.36. The molecule has 1 atom stereocenters. The number of aromatic nitrogens is 2. The number of alkyl halides is 3. The van der Waals surface area contributed by atoms with Crippen LogP contribution in [0.15, 0.2) is 53.4 Å². The van der Waals surface area contributed by atoms with Gasteiger partial charge in [0, 0.05) is 5.39 Å². The normalized spacial score (nSPS) is 13.3. The number of sulfonamides is 1. The maximum atomic E-state index is 13.3. The van der Waals surface area contributed by atoms with E-state index in [9.17, 15) is 26.4 Å². The maximum Gasteiger partial charge on any atom is 0.417 e. The molecule has 12 heteroatoms. The maximum absolute atomic E-state index is 13.3. The van der Waals surface area contributed by atoms with E-state index in [0.29, 0.717) is 17.0 Å². The number of carbonyl (C=O) groups excluding carboxylic acids is 1. The molecule has 1 aromatic heterocycles. The van der Waals surface area contributed by atoms with Gasteiger partial charge >= 0.3 is 6.18 Å². The number of nitrogens with one attached hydrogen (secondary N) is 2. The number of hydrogen-bond donors (Lipinski definition) is 3. The summed E-state index contributed by atoms with van der Waals surface area (Å²) in [5, 5.41) is 3.54. The summed E-state index contributed by atoms with van der Waals surface area (Å²) >= 11 is 0. The van der Waals surface area contributed by atoms with Crippen LogP contribution in [-0.2, 0) is 27.5 Å². The van der Waals surface area contributed by atoms with E-state index in [1.54, 1.807) is 38.1 Å². The van der Waals surface area contributed by atoms with Gasteiger partial charge in [0.25, 0.3) is 0 Å². The van der Waals surface area contributed by atoms with Crippen molar-refractivity contribution in [1.29, 1.82) is 0 Å². The van der Waals surface area contributed by atoms with Crippen LogP contribution in [0.3, 0.4) is 0 Å². The molecule has 0 saturated heterocycles. The van der Waals surface area contributed by atoms with Crippen LogP contribution in [0.25, 0.3) is 10.9 Å². The Labute approximate surface area is 188 Å². The summed E-state index contributed by atoms with van der Waals surface area (Å²) in [5.41, 5.74) is 4.64. The fraction of sp³-hybridized carbons (Fsp3) is 0.286. The third kappa shape index (κ3) is 5.57. The zero-order valence-corrected chi connectivity index (χ0v) is 18.5. The van der Waals surface area contributed by atoms with Crippen molar-refractivity contribution in [3.05, 3.63) is 59.9 Å². The van der Waals surface area contributed by atoms with Gasteiger partial charge < -0.3 is 11.1 Å². The largest absolute Gasteiger partial charge is 0.417 e. The van der Waals surface area contributed by atoms with Crippen LogP contribution in [0.4, 0.5) is 19.0 Å². The Balaban J connectivity index is 1.95. The highest BCUT2D eigenvalue weighted by Crippen LogP contribution is 2.34. The van der Waals surface area contributed by atoms with Gasteiger partial charge in [0.2, 0.25) is 15.9 Å². The third-order valence-electron chi connectivity index (χ3n) is 4.82. The minimum absolute atomic E-state index is 0.00348. The first-order chi connectivity index (χ1) is 15.4. The van der Waals surface area contributed by atoms with Crippen LogP contribution >= 0.6 is 0 Å². The van der Waals surface area contributed by atoms with E-state index in [1.165, 1.54) is 6.07 Å². The van der Waals surface area contributed by atoms with Crippen LogP contribution in [0, 0.1) is 5.92 Å². The molecular weight excluding hydrogens is 459 g/mol. The second kappa shape index (κ2) is 9.32. The number of benzene rings is 2. The molecule has 3 aromatic rings. The Kier molecular flexibility index (Phi) is 6.89. The van der Waals surface area contributed by atoms with Crippen molar-refractivity contribution < 1.29 is 26.4 Å². The lowest BCUT2D eigenvalue weighted by atomic mass is 10.0. The molecule has 0 aliphatic carbocycles. The summed E-state index contributed by atoms with van der Waals surface area (Å²) in [5.74, 6) is -0.519. The second-order valence-electron chi connectivity index (χ2n) is 7.59. The van der Waals surface area contributed by atoms with E-state index in [0.717, 1.165) is 12.1 Å². The summed E-state index contributed by atoms with van der Waals surface area (Å²) < 4.78 is 67.2. The average Bonchev–Trinajstić information content (AvgIpc) is 2.75. The molecule has 0 bridgehead atoms. The summed E-state index contributed by atoms with van der Waals surface area (Å²) in [4.78, 5) is 19.5. The second-order valence-corrected chi connectivity index (χ2v) is 9.33. The van der Waals surface area contributed by atoms with Crippen LogP contribution in [-0.4, -0.2) is 30.3 Å². The molecule has 8 nitrogen and oxygen atoms in total. The molecule has 0 unspecified atom stereocenters. The number of hydrogen-bond acceptors (Lipinski definition) is 6.